The normalized spacial score (nSPS) is 22.8. The highest BCUT2D eigenvalue weighted by Crippen LogP contribution is 2.46. The Morgan fingerprint density at radius 3 is 2.56 bits per heavy atom. The molecule has 1 fully saturated rings. The summed E-state index contributed by atoms with van der Waals surface area (Å²) in [5.41, 5.74) is 8.27. The highest BCUT2D eigenvalue weighted by molar-refractivity contribution is 6.31. The maximum Gasteiger partial charge on any atom is 0.124 e. The van der Waals surface area contributed by atoms with Crippen molar-refractivity contribution in [3.05, 3.63) is 63.4 Å². The summed E-state index contributed by atoms with van der Waals surface area (Å²) in [6.45, 7) is 13.8. The summed E-state index contributed by atoms with van der Waals surface area (Å²) in [5, 5.41) is 0.769. The Balaban J connectivity index is 1.46. The van der Waals surface area contributed by atoms with Gasteiger partial charge in [-0.3, -0.25) is 4.90 Å². The van der Waals surface area contributed by atoms with Gasteiger partial charge in [0.25, 0.3) is 0 Å². The minimum Gasteiger partial charge on any atom is -0.341 e. The van der Waals surface area contributed by atoms with Gasteiger partial charge in [0.2, 0.25) is 0 Å². The van der Waals surface area contributed by atoms with E-state index in [0.29, 0.717) is 6.04 Å². The summed E-state index contributed by atoms with van der Waals surface area (Å²) in [4.78, 5) is 11.3. The number of hydrogen-bond donors (Lipinski definition) is 1. The summed E-state index contributed by atoms with van der Waals surface area (Å²) in [5.74, 6) is 1.09. The second kappa shape index (κ2) is 7.88. The number of nitrogens with zero attached hydrogens (tertiary/aromatic N) is 2. The zero-order valence-corrected chi connectivity index (χ0v) is 20.9. The fourth-order valence-corrected chi connectivity index (χ4v) is 6.15. The third-order valence-electron chi connectivity index (χ3n) is 7.99. The molecular formula is C28H36ClN3. The molecule has 3 nitrogen and oxygen atoms in total. The molecule has 2 aromatic carbocycles. The molecule has 1 aliphatic carbocycles. The first kappa shape index (κ1) is 22.0. The molecule has 2 aliphatic rings. The molecular weight excluding hydrogens is 414 g/mol. The van der Waals surface area contributed by atoms with E-state index in [9.17, 15) is 0 Å². The number of aryl methyl sites for hydroxylation is 1. The number of aromatic amines is 1. The number of aromatic nitrogens is 2. The van der Waals surface area contributed by atoms with Crippen molar-refractivity contribution in [3.8, 4) is 0 Å². The molecule has 4 heteroatoms. The van der Waals surface area contributed by atoms with Crippen molar-refractivity contribution in [2.24, 2.45) is 0 Å². The lowest BCUT2D eigenvalue weighted by Crippen LogP contribution is -2.35. The van der Waals surface area contributed by atoms with E-state index in [1.54, 1.807) is 5.56 Å². The fourth-order valence-electron chi connectivity index (χ4n) is 5.88. The molecule has 1 aromatic heterocycles. The van der Waals surface area contributed by atoms with E-state index in [2.05, 4.69) is 62.7 Å². The monoisotopic (exact) mass is 449 g/mol. The minimum atomic E-state index is 0.248. The van der Waals surface area contributed by atoms with E-state index in [-0.39, 0.29) is 10.8 Å². The first-order valence-corrected chi connectivity index (χ1v) is 12.6. The highest BCUT2D eigenvalue weighted by atomic mass is 35.5. The Kier molecular flexibility index (Phi) is 5.41. The van der Waals surface area contributed by atoms with Crippen LogP contribution in [-0.2, 0) is 17.4 Å². The molecule has 1 saturated heterocycles. The maximum absolute atomic E-state index is 6.30. The Morgan fingerprint density at radius 2 is 1.78 bits per heavy atom. The zero-order chi connectivity index (χ0) is 22.7. The number of benzene rings is 2. The molecule has 5 rings (SSSR count). The van der Waals surface area contributed by atoms with Crippen LogP contribution in [0.25, 0.3) is 11.0 Å². The lowest BCUT2D eigenvalue weighted by Gasteiger charge is -2.42. The lowest BCUT2D eigenvalue weighted by molar-refractivity contribution is 0.134. The van der Waals surface area contributed by atoms with Gasteiger partial charge >= 0.3 is 0 Å². The van der Waals surface area contributed by atoms with Crippen LogP contribution in [0.2, 0.25) is 5.02 Å². The summed E-state index contributed by atoms with van der Waals surface area (Å²) in [7, 11) is 0. The second-order valence-electron chi connectivity index (χ2n) is 11.4. The van der Waals surface area contributed by atoms with E-state index in [1.165, 1.54) is 36.8 Å². The molecule has 2 heterocycles. The first-order valence-electron chi connectivity index (χ1n) is 12.2. The van der Waals surface area contributed by atoms with Gasteiger partial charge in [-0.2, -0.15) is 0 Å². The Morgan fingerprint density at radius 1 is 1.03 bits per heavy atom. The van der Waals surface area contributed by atoms with Crippen molar-refractivity contribution in [1.82, 2.24) is 14.9 Å². The number of imidazole rings is 1. The average molecular weight is 450 g/mol. The van der Waals surface area contributed by atoms with Crippen LogP contribution in [-0.4, -0.2) is 21.4 Å². The number of fused-ring (bicyclic) bond motifs is 2. The predicted molar refractivity (Wildman–Crippen MR) is 135 cm³/mol. The van der Waals surface area contributed by atoms with Crippen molar-refractivity contribution in [2.75, 3.05) is 6.54 Å². The topological polar surface area (TPSA) is 31.9 Å². The largest absolute Gasteiger partial charge is 0.341 e. The molecule has 1 N–H and O–H groups in total. The molecule has 170 valence electrons. The van der Waals surface area contributed by atoms with Crippen molar-refractivity contribution in [3.63, 3.8) is 0 Å². The number of likely N-dealkylation sites (tertiary alicyclic amines) is 1. The van der Waals surface area contributed by atoms with Crippen LogP contribution >= 0.6 is 11.6 Å². The van der Waals surface area contributed by atoms with Crippen LogP contribution in [0.4, 0.5) is 0 Å². The zero-order valence-electron chi connectivity index (χ0n) is 20.2. The number of nitrogens with one attached hydrogen (secondary N) is 1. The average Bonchev–Trinajstić information content (AvgIpc) is 3.16. The van der Waals surface area contributed by atoms with Crippen molar-refractivity contribution in [2.45, 2.75) is 90.1 Å². The third-order valence-corrected chi connectivity index (χ3v) is 8.21. The summed E-state index contributed by atoms with van der Waals surface area (Å²) in [6, 6.07) is 11.6. The van der Waals surface area contributed by atoms with Crippen LogP contribution in [0.1, 0.15) is 93.9 Å². The number of rotatable bonds is 3. The van der Waals surface area contributed by atoms with Crippen molar-refractivity contribution < 1.29 is 0 Å². The lowest BCUT2D eigenvalue weighted by atomic mass is 9.63. The third kappa shape index (κ3) is 3.88. The van der Waals surface area contributed by atoms with Crippen LogP contribution in [0.3, 0.4) is 0 Å². The minimum absolute atomic E-state index is 0.248. The van der Waals surface area contributed by atoms with Gasteiger partial charge in [0.05, 0.1) is 17.1 Å². The Labute approximate surface area is 197 Å². The molecule has 0 amide bonds. The van der Waals surface area contributed by atoms with Gasteiger partial charge in [0.15, 0.2) is 0 Å². The van der Waals surface area contributed by atoms with Gasteiger partial charge in [0, 0.05) is 11.6 Å². The Bertz CT molecular complexity index is 1160. The van der Waals surface area contributed by atoms with E-state index in [4.69, 9.17) is 16.6 Å². The van der Waals surface area contributed by atoms with Gasteiger partial charge in [-0.25, -0.2) is 4.98 Å². The maximum atomic E-state index is 6.30. The van der Waals surface area contributed by atoms with Crippen molar-refractivity contribution >= 4 is 22.6 Å². The van der Waals surface area contributed by atoms with E-state index in [1.807, 2.05) is 12.1 Å². The van der Waals surface area contributed by atoms with Gasteiger partial charge in [-0.1, -0.05) is 63.9 Å². The number of piperidine rings is 1. The van der Waals surface area contributed by atoms with Gasteiger partial charge < -0.3 is 4.98 Å². The van der Waals surface area contributed by atoms with E-state index in [0.717, 1.165) is 47.0 Å². The van der Waals surface area contributed by atoms with Crippen LogP contribution in [0.5, 0.6) is 0 Å². The molecule has 1 atom stereocenters. The summed E-state index contributed by atoms with van der Waals surface area (Å²) >= 11 is 6.30. The smallest absolute Gasteiger partial charge is 0.124 e. The highest BCUT2D eigenvalue weighted by Gasteiger charge is 2.37. The number of H-pyrrole nitrogens is 1. The fraction of sp³-hybridized carbons (Fsp3) is 0.536. The first-order chi connectivity index (χ1) is 15.1. The van der Waals surface area contributed by atoms with Crippen LogP contribution in [0, 0.1) is 6.92 Å². The quantitative estimate of drug-likeness (QED) is 0.446. The Hall–Kier alpha value is -1.84. The molecule has 0 bridgehead atoms. The van der Waals surface area contributed by atoms with E-state index < -0.39 is 0 Å². The molecule has 3 aromatic rings. The van der Waals surface area contributed by atoms with E-state index >= 15 is 0 Å². The molecule has 1 aliphatic heterocycles. The van der Waals surface area contributed by atoms with Crippen LogP contribution in [0.15, 0.2) is 30.3 Å². The molecule has 32 heavy (non-hydrogen) atoms. The molecule has 1 unspecified atom stereocenters. The molecule has 0 spiro atoms. The summed E-state index contributed by atoms with van der Waals surface area (Å²) in [6.07, 6.45) is 6.17. The van der Waals surface area contributed by atoms with Gasteiger partial charge in [-0.05, 0) is 84.4 Å². The number of halogens is 1. The molecule has 0 radical (unpaired) electrons. The SMILES string of the molecule is Cc1cc(Cl)cc2[nH]c(C3CCCCN3Cc3ccc4c(c3)C(C)(C)CCC4(C)C)nc12. The standard InChI is InChI=1S/C28H36ClN3/c1-18-14-20(29)16-23-25(18)31-26(30-23)24-8-6-7-13-32(24)17-19-9-10-21-22(15-19)28(4,5)12-11-27(21,2)3/h9-10,14-16,24H,6-8,11-13,17H2,1-5H3,(H,30,31). The second-order valence-corrected chi connectivity index (χ2v) is 11.8. The predicted octanol–water partition coefficient (Wildman–Crippen LogP) is 7.60. The van der Waals surface area contributed by atoms with Crippen LogP contribution < -0.4 is 0 Å². The molecule has 0 saturated carbocycles. The number of hydrogen-bond acceptors (Lipinski definition) is 2. The van der Waals surface area contributed by atoms with Crippen molar-refractivity contribution in [1.29, 1.82) is 0 Å². The van der Waals surface area contributed by atoms with Gasteiger partial charge in [0.1, 0.15) is 5.82 Å². The van der Waals surface area contributed by atoms with Gasteiger partial charge in [-0.15, -0.1) is 0 Å². The summed E-state index contributed by atoms with van der Waals surface area (Å²) < 4.78 is 0.